The van der Waals surface area contributed by atoms with E-state index in [9.17, 15) is 19.5 Å². The van der Waals surface area contributed by atoms with Crippen molar-refractivity contribution in [1.29, 1.82) is 0 Å². The number of aromatic nitrogens is 2. The van der Waals surface area contributed by atoms with Crippen LogP contribution in [0.5, 0.6) is 5.88 Å². The number of carbonyl (C=O) groups is 1. The van der Waals surface area contributed by atoms with Gasteiger partial charge < -0.3 is 9.84 Å². The molecule has 1 saturated carbocycles. The zero-order valence-electron chi connectivity index (χ0n) is 14.6. The molecule has 0 radical (unpaired) electrons. The van der Waals surface area contributed by atoms with Gasteiger partial charge in [0.25, 0.3) is 5.56 Å². The van der Waals surface area contributed by atoms with E-state index < -0.39 is 23.3 Å². The molecule has 1 aliphatic carbocycles. The Bertz CT molecular complexity index is 894. The number of carbonyl (C=O) groups excluding carboxylic acids is 1. The highest BCUT2D eigenvalue weighted by molar-refractivity contribution is 5.74. The molecule has 0 bridgehead atoms. The molecule has 1 aromatic heterocycles. The van der Waals surface area contributed by atoms with Crippen LogP contribution in [0.1, 0.15) is 43.3 Å². The number of methoxy groups -OCH3 is 1. The lowest BCUT2D eigenvalue weighted by molar-refractivity contribution is -0.144. The van der Waals surface area contributed by atoms with Crippen molar-refractivity contribution in [3.8, 4) is 5.88 Å². The number of hydrogen-bond acceptors (Lipinski definition) is 5. The fraction of sp³-hybridized carbons (Fsp3) is 0.421. The minimum absolute atomic E-state index is 0.151. The van der Waals surface area contributed by atoms with Gasteiger partial charge in [0.2, 0.25) is 5.88 Å². The Morgan fingerprint density at radius 2 is 1.88 bits per heavy atom. The smallest absolute Gasteiger partial charge is 0.334 e. The summed E-state index contributed by atoms with van der Waals surface area (Å²) in [4.78, 5) is 37.8. The van der Waals surface area contributed by atoms with Crippen LogP contribution in [0.4, 0.5) is 0 Å². The molecule has 2 aromatic rings. The largest absolute Gasteiger partial charge is 0.494 e. The van der Waals surface area contributed by atoms with Crippen LogP contribution >= 0.6 is 0 Å². The first-order valence-corrected chi connectivity index (χ1v) is 8.71. The van der Waals surface area contributed by atoms with Crippen LogP contribution in [-0.2, 0) is 16.0 Å². The van der Waals surface area contributed by atoms with Crippen molar-refractivity contribution in [2.75, 3.05) is 7.11 Å². The average molecular weight is 358 g/mol. The van der Waals surface area contributed by atoms with E-state index in [-0.39, 0.29) is 18.3 Å². The lowest BCUT2D eigenvalue weighted by Gasteiger charge is -2.21. The fourth-order valence-corrected chi connectivity index (χ4v) is 3.60. The summed E-state index contributed by atoms with van der Waals surface area (Å²) in [5.74, 6) is -1.02. The van der Waals surface area contributed by atoms with Crippen molar-refractivity contribution in [3.63, 3.8) is 0 Å². The second-order valence-electron chi connectivity index (χ2n) is 6.53. The number of hydrogen-bond donors (Lipinski definition) is 1. The topological polar surface area (TPSA) is 90.5 Å². The zero-order chi connectivity index (χ0) is 18.7. The highest BCUT2D eigenvalue weighted by Crippen LogP contribution is 2.30. The molecular formula is C19H22N2O5. The van der Waals surface area contributed by atoms with Gasteiger partial charge in [0.15, 0.2) is 0 Å². The first-order chi connectivity index (χ1) is 12.5. The molecule has 1 N–H and O–H groups in total. The summed E-state index contributed by atoms with van der Waals surface area (Å²) < 4.78 is 6.97. The maximum absolute atomic E-state index is 13.0. The molecule has 3 rings (SSSR count). The number of aromatic hydroxyl groups is 1. The molecule has 0 spiro atoms. The van der Waals surface area contributed by atoms with Crippen molar-refractivity contribution in [2.45, 2.75) is 44.2 Å². The van der Waals surface area contributed by atoms with Gasteiger partial charge in [0, 0.05) is 12.5 Å². The molecule has 1 aromatic carbocycles. The third-order valence-electron chi connectivity index (χ3n) is 4.90. The van der Waals surface area contributed by atoms with E-state index in [4.69, 9.17) is 4.74 Å². The highest BCUT2D eigenvalue weighted by Gasteiger charge is 2.29. The van der Waals surface area contributed by atoms with Crippen LogP contribution in [0.15, 0.2) is 46.0 Å². The van der Waals surface area contributed by atoms with Crippen molar-refractivity contribution in [3.05, 3.63) is 62.8 Å². The van der Waals surface area contributed by atoms with Crippen LogP contribution in [0.2, 0.25) is 0 Å². The summed E-state index contributed by atoms with van der Waals surface area (Å²) in [7, 11) is 1.22. The summed E-state index contributed by atoms with van der Waals surface area (Å²) in [5.41, 5.74) is -0.587. The van der Waals surface area contributed by atoms with Gasteiger partial charge in [-0.1, -0.05) is 43.2 Å². The van der Waals surface area contributed by atoms with E-state index in [1.54, 1.807) is 0 Å². The maximum atomic E-state index is 13.0. The predicted octanol–water partition coefficient (Wildman–Crippen LogP) is 1.79. The van der Waals surface area contributed by atoms with Gasteiger partial charge in [-0.2, -0.15) is 0 Å². The normalized spacial score (nSPS) is 15.7. The van der Waals surface area contributed by atoms with Crippen LogP contribution in [-0.4, -0.2) is 27.3 Å². The molecule has 7 heteroatoms. The van der Waals surface area contributed by atoms with Crippen LogP contribution < -0.4 is 11.2 Å². The third-order valence-corrected chi connectivity index (χ3v) is 4.90. The van der Waals surface area contributed by atoms with E-state index >= 15 is 0 Å². The van der Waals surface area contributed by atoms with Gasteiger partial charge in [-0.05, 0) is 18.4 Å². The van der Waals surface area contributed by atoms with Gasteiger partial charge in [-0.25, -0.2) is 14.2 Å². The van der Waals surface area contributed by atoms with Crippen LogP contribution in [0.3, 0.4) is 0 Å². The van der Waals surface area contributed by atoms with Gasteiger partial charge in [0.1, 0.15) is 6.04 Å². The van der Waals surface area contributed by atoms with Crippen molar-refractivity contribution in [2.24, 2.45) is 0 Å². The molecule has 0 amide bonds. The molecule has 7 nitrogen and oxygen atoms in total. The standard InChI is InChI=1S/C19H22N2O5/c1-26-18(24)15(11-13-7-3-2-4-8-13)21-17(23)12-16(22)20(19(21)25)14-9-5-6-10-14/h2-4,7-8,12,14-15,22H,5-6,9-11H2,1H3/t15-/m0/s1. The number of benzene rings is 1. The summed E-state index contributed by atoms with van der Waals surface area (Å²) >= 11 is 0. The minimum Gasteiger partial charge on any atom is -0.494 e. The van der Waals surface area contributed by atoms with Gasteiger partial charge in [0.05, 0.1) is 13.2 Å². The monoisotopic (exact) mass is 358 g/mol. The van der Waals surface area contributed by atoms with Crippen LogP contribution in [0.25, 0.3) is 0 Å². The zero-order valence-corrected chi connectivity index (χ0v) is 14.6. The van der Waals surface area contributed by atoms with E-state index in [0.29, 0.717) is 0 Å². The van der Waals surface area contributed by atoms with Crippen LogP contribution in [0, 0.1) is 0 Å². The lowest BCUT2D eigenvalue weighted by atomic mass is 10.1. The SMILES string of the molecule is COC(=O)[C@H](Cc1ccccc1)n1c(=O)cc(O)n(C2CCCC2)c1=O. The maximum Gasteiger partial charge on any atom is 0.334 e. The molecule has 0 saturated heterocycles. The third kappa shape index (κ3) is 3.42. The number of ether oxygens (including phenoxy) is 1. The number of rotatable bonds is 5. The Hall–Kier alpha value is -2.83. The molecule has 26 heavy (non-hydrogen) atoms. The first kappa shape index (κ1) is 18.0. The Morgan fingerprint density at radius 1 is 1.23 bits per heavy atom. The Morgan fingerprint density at radius 3 is 2.50 bits per heavy atom. The summed E-state index contributed by atoms with van der Waals surface area (Å²) in [5, 5.41) is 10.2. The molecule has 1 atom stereocenters. The molecule has 138 valence electrons. The second-order valence-corrected chi connectivity index (χ2v) is 6.53. The van der Waals surface area contributed by atoms with E-state index in [0.717, 1.165) is 41.9 Å². The van der Waals surface area contributed by atoms with Crippen molar-refractivity contribution >= 4 is 5.97 Å². The van der Waals surface area contributed by atoms with E-state index in [1.807, 2.05) is 30.3 Å². The van der Waals surface area contributed by atoms with E-state index in [2.05, 4.69) is 0 Å². The molecule has 1 heterocycles. The summed E-state index contributed by atoms with van der Waals surface area (Å²) in [6, 6.07) is 8.87. The predicted molar refractivity (Wildman–Crippen MR) is 95.3 cm³/mol. The second kappa shape index (κ2) is 7.59. The fourth-order valence-electron chi connectivity index (χ4n) is 3.60. The molecule has 1 aliphatic rings. The molecule has 0 aliphatic heterocycles. The number of nitrogens with zero attached hydrogens (tertiary/aromatic N) is 2. The molecular weight excluding hydrogens is 336 g/mol. The quantitative estimate of drug-likeness (QED) is 0.823. The summed E-state index contributed by atoms with van der Waals surface area (Å²) in [6.07, 6.45) is 3.58. The average Bonchev–Trinajstić information content (AvgIpc) is 3.15. The number of esters is 1. The minimum atomic E-state index is -1.09. The van der Waals surface area contributed by atoms with Gasteiger partial charge in [-0.3, -0.25) is 9.36 Å². The Balaban J connectivity index is 2.11. The lowest BCUT2D eigenvalue weighted by Crippen LogP contribution is -2.45. The first-order valence-electron chi connectivity index (χ1n) is 8.71. The van der Waals surface area contributed by atoms with Crippen molar-refractivity contribution < 1.29 is 14.6 Å². The summed E-state index contributed by atoms with van der Waals surface area (Å²) in [6.45, 7) is 0. The van der Waals surface area contributed by atoms with Gasteiger partial charge in [-0.15, -0.1) is 0 Å². The highest BCUT2D eigenvalue weighted by atomic mass is 16.5. The Labute approximate surface area is 150 Å². The molecule has 1 fully saturated rings. The van der Waals surface area contributed by atoms with E-state index in [1.165, 1.54) is 11.7 Å². The Kier molecular flexibility index (Phi) is 5.25. The molecule has 0 unspecified atom stereocenters. The van der Waals surface area contributed by atoms with Gasteiger partial charge >= 0.3 is 11.7 Å². The van der Waals surface area contributed by atoms with Crippen molar-refractivity contribution in [1.82, 2.24) is 9.13 Å².